The molecule has 0 saturated carbocycles. The van der Waals surface area contributed by atoms with Crippen LogP contribution in [0.1, 0.15) is 42.9 Å². The minimum absolute atomic E-state index is 0.599. The van der Waals surface area contributed by atoms with Crippen molar-refractivity contribution in [3.8, 4) is 11.1 Å². The second kappa shape index (κ2) is 5.05. The highest BCUT2D eigenvalue weighted by Crippen LogP contribution is 2.36. The zero-order chi connectivity index (χ0) is 13.2. The average Bonchev–Trinajstić information content (AvgIpc) is 2.94. The Morgan fingerprint density at radius 3 is 2.58 bits per heavy atom. The Bertz CT molecular complexity index is 620. The van der Waals surface area contributed by atoms with Gasteiger partial charge in [-0.15, -0.1) is 0 Å². The molecule has 0 fully saturated rings. The molecule has 3 rings (SSSR count). The third kappa shape index (κ3) is 2.12. The molecule has 19 heavy (non-hydrogen) atoms. The first-order chi connectivity index (χ1) is 9.31. The summed E-state index contributed by atoms with van der Waals surface area (Å²) in [6.45, 7) is 4.56. The third-order valence-electron chi connectivity index (χ3n) is 4.07. The Kier molecular flexibility index (Phi) is 3.25. The molecule has 0 saturated heterocycles. The smallest absolute Gasteiger partial charge is 0.0131 e. The molecule has 0 heteroatoms. The van der Waals surface area contributed by atoms with Crippen LogP contribution in [0.3, 0.4) is 0 Å². The molecule has 0 nitrogen and oxygen atoms in total. The zero-order valence-electron chi connectivity index (χ0n) is 11.6. The van der Waals surface area contributed by atoms with Gasteiger partial charge in [0.1, 0.15) is 0 Å². The highest BCUT2D eigenvalue weighted by Gasteiger charge is 2.15. The van der Waals surface area contributed by atoms with E-state index in [9.17, 15) is 0 Å². The number of fused-ring (bicyclic) bond motifs is 1. The summed E-state index contributed by atoms with van der Waals surface area (Å²) >= 11 is 0. The lowest BCUT2D eigenvalue weighted by Gasteiger charge is -2.17. The summed E-state index contributed by atoms with van der Waals surface area (Å²) in [5, 5.41) is 0. The van der Waals surface area contributed by atoms with Crippen LogP contribution in [0.25, 0.3) is 17.2 Å². The van der Waals surface area contributed by atoms with E-state index in [1.807, 2.05) is 0 Å². The molecule has 0 heterocycles. The summed E-state index contributed by atoms with van der Waals surface area (Å²) in [5.74, 6) is 0.599. The number of hydrogen-bond acceptors (Lipinski definition) is 0. The molecule has 2 aromatic rings. The molecule has 2 aromatic carbocycles. The van der Waals surface area contributed by atoms with Crippen molar-refractivity contribution in [1.82, 2.24) is 0 Å². The van der Waals surface area contributed by atoms with E-state index >= 15 is 0 Å². The summed E-state index contributed by atoms with van der Waals surface area (Å²) in [4.78, 5) is 0. The molecule has 1 atom stereocenters. The fourth-order valence-corrected chi connectivity index (χ4v) is 2.79. The minimum Gasteiger partial charge on any atom is -0.0754 e. The number of allylic oxidation sites excluding steroid dienone is 1. The quantitative estimate of drug-likeness (QED) is 0.677. The van der Waals surface area contributed by atoms with Gasteiger partial charge in [-0.1, -0.05) is 68.5 Å². The minimum atomic E-state index is 0.599. The van der Waals surface area contributed by atoms with Gasteiger partial charge in [0.25, 0.3) is 0 Å². The summed E-state index contributed by atoms with van der Waals surface area (Å²) in [7, 11) is 0. The highest BCUT2D eigenvalue weighted by molar-refractivity contribution is 5.83. The van der Waals surface area contributed by atoms with Crippen molar-refractivity contribution in [2.45, 2.75) is 26.2 Å². The first kappa shape index (κ1) is 12.2. The van der Waals surface area contributed by atoms with Crippen molar-refractivity contribution in [3.63, 3.8) is 0 Å². The molecule has 0 aromatic heterocycles. The van der Waals surface area contributed by atoms with Gasteiger partial charge in [-0.05, 0) is 40.2 Å². The SMILES string of the molecule is CCC(C)c1ccccc1-c1cccc2c1C=C[CH]2. The summed E-state index contributed by atoms with van der Waals surface area (Å²) < 4.78 is 0. The number of benzene rings is 2. The monoisotopic (exact) mass is 247 g/mol. The van der Waals surface area contributed by atoms with Crippen molar-refractivity contribution >= 4 is 6.08 Å². The molecule has 95 valence electrons. The standard InChI is InChI=1S/C19H19/c1-3-14(2)16-10-4-5-11-18(16)19-13-7-9-15-8-6-12-17(15)19/h4-14H,3H2,1-2H3. The van der Waals surface area contributed by atoms with Crippen molar-refractivity contribution in [2.75, 3.05) is 0 Å². The van der Waals surface area contributed by atoms with Gasteiger partial charge in [0, 0.05) is 6.42 Å². The maximum atomic E-state index is 2.31. The van der Waals surface area contributed by atoms with Gasteiger partial charge >= 0.3 is 0 Å². The first-order valence-electron chi connectivity index (χ1n) is 7.05. The van der Waals surface area contributed by atoms with E-state index in [-0.39, 0.29) is 0 Å². The van der Waals surface area contributed by atoms with E-state index in [0.29, 0.717) is 5.92 Å². The van der Waals surface area contributed by atoms with Gasteiger partial charge in [0.15, 0.2) is 0 Å². The first-order valence-corrected chi connectivity index (χ1v) is 7.05. The van der Waals surface area contributed by atoms with Crippen LogP contribution in [0.5, 0.6) is 0 Å². The molecule has 0 amide bonds. The largest absolute Gasteiger partial charge is 0.0754 e. The van der Waals surface area contributed by atoms with E-state index in [4.69, 9.17) is 0 Å². The van der Waals surface area contributed by atoms with Crippen LogP contribution >= 0.6 is 0 Å². The van der Waals surface area contributed by atoms with Gasteiger partial charge in [-0.25, -0.2) is 0 Å². The van der Waals surface area contributed by atoms with Crippen LogP contribution in [-0.2, 0) is 0 Å². The average molecular weight is 247 g/mol. The molecular formula is C19H19. The van der Waals surface area contributed by atoms with Gasteiger partial charge < -0.3 is 0 Å². The topological polar surface area (TPSA) is 0 Å². The molecular weight excluding hydrogens is 228 g/mol. The molecule has 1 aliphatic carbocycles. The Labute approximate surface area is 115 Å². The van der Waals surface area contributed by atoms with Crippen LogP contribution in [0.2, 0.25) is 0 Å². The van der Waals surface area contributed by atoms with E-state index in [2.05, 4.69) is 74.9 Å². The molecule has 0 bridgehead atoms. The Morgan fingerprint density at radius 1 is 0.947 bits per heavy atom. The van der Waals surface area contributed by atoms with Crippen LogP contribution in [0, 0.1) is 6.42 Å². The predicted molar refractivity (Wildman–Crippen MR) is 83.0 cm³/mol. The Morgan fingerprint density at radius 2 is 1.74 bits per heavy atom. The van der Waals surface area contributed by atoms with E-state index < -0.39 is 0 Å². The lowest BCUT2D eigenvalue weighted by Crippen LogP contribution is -1.96. The fourth-order valence-electron chi connectivity index (χ4n) is 2.79. The normalized spacial score (nSPS) is 14.4. The summed E-state index contributed by atoms with van der Waals surface area (Å²) in [5.41, 5.74) is 6.89. The summed E-state index contributed by atoms with van der Waals surface area (Å²) in [6.07, 6.45) is 7.72. The molecule has 1 unspecified atom stereocenters. The van der Waals surface area contributed by atoms with Crippen molar-refractivity contribution in [1.29, 1.82) is 0 Å². The molecule has 0 spiro atoms. The fraction of sp³-hybridized carbons (Fsp3) is 0.211. The van der Waals surface area contributed by atoms with Gasteiger partial charge in [0.05, 0.1) is 0 Å². The van der Waals surface area contributed by atoms with Crippen LogP contribution in [0.15, 0.2) is 48.5 Å². The molecule has 0 N–H and O–H groups in total. The van der Waals surface area contributed by atoms with E-state index in [1.54, 1.807) is 0 Å². The second-order valence-electron chi connectivity index (χ2n) is 5.23. The Hall–Kier alpha value is -1.82. The zero-order valence-corrected chi connectivity index (χ0v) is 11.6. The highest BCUT2D eigenvalue weighted by atomic mass is 14.2. The van der Waals surface area contributed by atoms with E-state index in [0.717, 1.165) is 0 Å². The van der Waals surface area contributed by atoms with Gasteiger partial charge in [0.2, 0.25) is 0 Å². The molecule has 1 aliphatic rings. The maximum absolute atomic E-state index is 2.31. The van der Waals surface area contributed by atoms with Crippen LogP contribution in [0.4, 0.5) is 0 Å². The lowest BCUT2D eigenvalue weighted by atomic mass is 9.87. The molecule has 0 aliphatic heterocycles. The van der Waals surface area contributed by atoms with Gasteiger partial charge in [-0.2, -0.15) is 0 Å². The van der Waals surface area contributed by atoms with Crippen LogP contribution < -0.4 is 0 Å². The van der Waals surface area contributed by atoms with Crippen molar-refractivity contribution in [2.24, 2.45) is 0 Å². The van der Waals surface area contributed by atoms with Crippen molar-refractivity contribution < 1.29 is 0 Å². The van der Waals surface area contributed by atoms with E-state index in [1.165, 1.54) is 34.2 Å². The number of hydrogen-bond donors (Lipinski definition) is 0. The summed E-state index contributed by atoms with van der Waals surface area (Å²) in [6, 6.07) is 15.4. The Balaban J connectivity index is 2.18. The molecule has 1 radical (unpaired) electrons. The predicted octanol–water partition coefficient (Wildman–Crippen LogP) is 5.45. The van der Waals surface area contributed by atoms with Crippen molar-refractivity contribution in [3.05, 3.63) is 71.7 Å². The van der Waals surface area contributed by atoms with Gasteiger partial charge in [-0.3, -0.25) is 0 Å². The number of rotatable bonds is 3. The van der Waals surface area contributed by atoms with Crippen LogP contribution in [-0.4, -0.2) is 0 Å². The lowest BCUT2D eigenvalue weighted by molar-refractivity contribution is 0.735. The second-order valence-corrected chi connectivity index (χ2v) is 5.23. The third-order valence-corrected chi connectivity index (χ3v) is 4.07. The maximum Gasteiger partial charge on any atom is 0.0131 e.